The third-order valence-corrected chi connectivity index (χ3v) is 11.3. The van der Waals surface area contributed by atoms with Crippen LogP contribution >= 0.6 is 35.3 Å². The van der Waals surface area contributed by atoms with Gasteiger partial charge in [0.2, 0.25) is 5.91 Å². The van der Waals surface area contributed by atoms with E-state index in [2.05, 4.69) is 33.5 Å². The number of carboxylic acid groups (broad SMARTS) is 1. The second-order valence-corrected chi connectivity index (χ2v) is 16.8. The topological polar surface area (TPSA) is 240 Å². The molecule has 0 spiro atoms. The number of aliphatic carboxylic acids is 1. The lowest BCUT2D eigenvalue weighted by Crippen LogP contribution is -2.42. The molecular weight excluding hydrogens is 859 g/mol. The number of ether oxygens (including phenoxy) is 8. The van der Waals surface area contributed by atoms with Crippen molar-refractivity contribution in [1.29, 1.82) is 0 Å². The summed E-state index contributed by atoms with van der Waals surface area (Å²) in [6.07, 6.45) is 1.35. The number of carbonyl (C=O) groups is 5. The largest absolute Gasteiger partial charge is 0.477 e. The second kappa shape index (κ2) is 37.8. The summed E-state index contributed by atoms with van der Waals surface area (Å²) in [5.74, 6) is 1.98. The maximum atomic E-state index is 12.0. The summed E-state index contributed by atoms with van der Waals surface area (Å²) in [5, 5.41) is 23.7. The predicted molar refractivity (Wildman–Crippen MR) is 237 cm³/mol. The van der Waals surface area contributed by atoms with E-state index in [1.54, 1.807) is 37.4 Å². The normalized spacial score (nSPS) is 13.8. The highest BCUT2D eigenvalue weighted by atomic mass is 32.2. The van der Waals surface area contributed by atoms with E-state index in [9.17, 15) is 29.1 Å². The number of thioether (sulfide) groups is 3. The quantitative estimate of drug-likeness (QED) is 0.0381. The number of nitrogens with one attached hydrogen (secondary N) is 5. The lowest BCUT2D eigenvalue weighted by atomic mass is 9.99. The number of ketones is 1. The van der Waals surface area contributed by atoms with Gasteiger partial charge in [0.15, 0.2) is 5.78 Å². The van der Waals surface area contributed by atoms with Crippen LogP contribution in [-0.4, -0.2) is 187 Å². The summed E-state index contributed by atoms with van der Waals surface area (Å²) < 4.78 is 42.7. The van der Waals surface area contributed by atoms with E-state index in [0.29, 0.717) is 96.1 Å². The van der Waals surface area contributed by atoms with Crippen LogP contribution < -0.4 is 26.6 Å². The van der Waals surface area contributed by atoms with Gasteiger partial charge in [-0.1, -0.05) is 6.92 Å². The van der Waals surface area contributed by atoms with Crippen molar-refractivity contribution in [2.24, 2.45) is 0 Å². The van der Waals surface area contributed by atoms with Crippen molar-refractivity contribution >= 4 is 65.1 Å². The fourth-order valence-electron chi connectivity index (χ4n) is 4.85. The number of hydrogen-bond acceptors (Lipinski definition) is 18. The van der Waals surface area contributed by atoms with Crippen molar-refractivity contribution in [3.8, 4) is 0 Å². The van der Waals surface area contributed by atoms with E-state index in [0.717, 1.165) is 54.5 Å². The fourth-order valence-corrected chi connectivity index (χ4v) is 7.12. The van der Waals surface area contributed by atoms with E-state index in [1.165, 1.54) is 6.92 Å². The monoisotopic (exact) mass is 929 g/mol. The molecule has 0 aromatic rings. The summed E-state index contributed by atoms with van der Waals surface area (Å²) >= 11 is 5.15. The predicted octanol–water partition coefficient (Wildman–Crippen LogP) is 2.62. The zero-order valence-corrected chi connectivity index (χ0v) is 38.9. The second-order valence-electron chi connectivity index (χ2n) is 13.3. The molecule has 0 fully saturated rings. The molecule has 354 valence electrons. The zero-order chi connectivity index (χ0) is 44.8. The molecule has 0 heterocycles. The Labute approximate surface area is 374 Å². The molecule has 0 aromatic heterocycles. The van der Waals surface area contributed by atoms with Crippen LogP contribution in [0.3, 0.4) is 0 Å². The Balaban J connectivity index is 1.82. The van der Waals surface area contributed by atoms with Crippen molar-refractivity contribution in [2.75, 3.05) is 140 Å². The Hall–Kier alpha value is -2.70. The summed E-state index contributed by atoms with van der Waals surface area (Å²) in [7, 11) is 0. The third-order valence-electron chi connectivity index (χ3n) is 7.96. The van der Waals surface area contributed by atoms with Crippen LogP contribution in [0.5, 0.6) is 0 Å². The standard InChI is InChI=1S/C39H71N5O14S3/c1-5-23-61-30-34(46)41-9-10-42-35-32(28-33(35)45)40-11-26-59-24-7-13-51-15-17-53-19-20-54-18-16-52-14-8-25-60-27-12-43-38(50)58-31(3)29-44-37(49)55-21-22-57-39(4,36(47)48)56-6-2/h31,40,42H,5-30H2,1-4H3,(H,41,46)(H,43,50)(H,44,49)(H,47,48). The highest BCUT2D eigenvalue weighted by molar-refractivity contribution is 8.00. The average Bonchev–Trinajstić information content (AvgIpc) is 3.22. The van der Waals surface area contributed by atoms with Crippen LogP contribution in [-0.2, 0) is 52.3 Å². The summed E-state index contributed by atoms with van der Waals surface area (Å²) in [6, 6.07) is 0. The van der Waals surface area contributed by atoms with Crippen LogP contribution in [0.4, 0.5) is 9.59 Å². The first-order valence-electron chi connectivity index (χ1n) is 20.9. The number of allylic oxidation sites excluding steroid dienone is 2. The minimum Gasteiger partial charge on any atom is -0.477 e. The van der Waals surface area contributed by atoms with Gasteiger partial charge < -0.3 is 69.6 Å². The molecule has 3 amide bonds. The number of hydrogen-bond donors (Lipinski definition) is 6. The first-order valence-corrected chi connectivity index (χ1v) is 24.4. The van der Waals surface area contributed by atoms with Crippen molar-refractivity contribution in [3.63, 3.8) is 0 Å². The van der Waals surface area contributed by atoms with Crippen molar-refractivity contribution < 1.29 is 67.0 Å². The lowest BCUT2D eigenvalue weighted by molar-refractivity contribution is -0.236. The Morgan fingerprint density at radius 2 is 1.31 bits per heavy atom. The molecule has 61 heavy (non-hydrogen) atoms. The Morgan fingerprint density at radius 1 is 0.689 bits per heavy atom. The number of amides is 3. The lowest BCUT2D eigenvalue weighted by Gasteiger charge is -2.24. The average molecular weight is 930 g/mol. The molecule has 1 aliphatic rings. The fraction of sp³-hybridized carbons (Fsp3) is 0.821. The Kier molecular flexibility index (Phi) is 34.9. The van der Waals surface area contributed by atoms with E-state index in [1.807, 2.05) is 11.8 Å². The van der Waals surface area contributed by atoms with Crippen LogP contribution in [0.15, 0.2) is 11.4 Å². The van der Waals surface area contributed by atoms with Crippen LogP contribution in [0.1, 0.15) is 53.4 Å². The van der Waals surface area contributed by atoms with Gasteiger partial charge in [-0.05, 0) is 50.4 Å². The van der Waals surface area contributed by atoms with Gasteiger partial charge in [0.25, 0.3) is 5.79 Å². The van der Waals surface area contributed by atoms with E-state index in [-0.39, 0.29) is 38.1 Å². The van der Waals surface area contributed by atoms with E-state index in [4.69, 9.17) is 37.9 Å². The number of Topliss-reactive ketones (excluding diaryl/α,β-unsaturated/α-hetero) is 1. The third kappa shape index (κ3) is 30.9. The maximum absolute atomic E-state index is 12.0. The van der Waals surface area contributed by atoms with Gasteiger partial charge in [0, 0.05) is 70.1 Å². The van der Waals surface area contributed by atoms with Gasteiger partial charge >= 0.3 is 18.2 Å². The molecule has 6 N–H and O–H groups in total. The van der Waals surface area contributed by atoms with E-state index < -0.39 is 30.0 Å². The molecule has 0 saturated heterocycles. The van der Waals surface area contributed by atoms with Crippen LogP contribution in [0, 0.1) is 0 Å². The van der Waals surface area contributed by atoms with Crippen molar-refractivity contribution in [2.45, 2.75) is 65.3 Å². The Morgan fingerprint density at radius 3 is 1.90 bits per heavy atom. The molecule has 22 heteroatoms. The molecule has 2 unspecified atom stereocenters. The van der Waals surface area contributed by atoms with E-state index >= 15 is 0 Å². The highest BCUT2D eigenvalue weighted by Crippen LogP contribution is 2.19. The smallest absolute Gasteiger partial charge is 0.407 e. The van der Waals surface area contributed by atoms with Gasteiger partial charge in [-0.3, -0.25) is 9.59 Å². The molecular formula is C39H71N5O14S3. The molecule has 0 bridgehead atoms. The molecule has 19 nitrogen and oxygen atoms in total. The molecule has 0 radical (unpaired) electrons. The number of alkyl carbamates (subject to hydrolysis) is 2. The van der Waals surface area contributed by atoms with Gasteiger partial charge in [0.05, 0.1) is 70.7 Å². The number of carboxylic acids is 1. The molecule has 2 atom stereocenters. The molecule has 0 aliphatic heterocycles. The SMILES string of the molecule is CCCSCC(=O)NCCNC1=C(NCCSCCCOCCOCCOCCOCCCSCCNC(=O)OC(C)CNC(=O)OCCOC(C)(OCC)C(=O)O)CC1=O. The summed E-state index contributed by atoms with van der Waals surface area (Å²) in [4.78, 5) is 58.8. The molecule has 1 rings (SSSR count). The molecule has 1 aliphatic carbocycles. The number of carbonyl (C=O) groups excluding carboxylic acids is 4. The highest BCUT2D eigenvalue weighted by Gasteiger charge is 2.35. The first-order chi connectivity index (χ1) is 29.5. The summed E-state index contributed by atoms with van der Waals surface area (Å²) in [5.41, 5.74) is 1.59. The van der Waals surface area contributed by atoms with Gasteiger partial charge in [-0.2, -0.15) is 35.3 Å². The number of rotatable bonds is 42. The maximum Gasteiger partial charge on any atom is 0.407 e. The minimum absolute atomic E-state index is 0.0259. The Bertz CT molecular complexity index is 1260. The first kappa shape index (κ1) is 56.3. The van der Waals surface area contributed by atoms with Gasteiger partial charge in [-0.25, -0.2) is 14.4 Å². The van der Waals surface area contributed by atoms with Crippen LogP contribution in [0.2, 0.25) is 0 Å². The summed E-state index contributed by atoms with van der Waals surface area (Å²) in [6.45, 7) is 13.0. The van der Waals surface area contributed by atoms with Crippen molar-refractivity contribution in [1.82, 2.24) is 26.6 Å². The van der Waals surface area contributed by atoms with Gasteiger partial charge in [-0.15, -0.1) is 0 Å². The minimum atomic E-state index is -1.82. The molecule has 0 aromatic carbocycles. The van der Waals surface area contributed by atoms with Crippen molar-refractivity contribution in [3.05, 3.63) is 11.4 Å². The zero-order valence-electron chi connectivity index (χ0n) is 36.4. The van der Waals surface area contributed by atoms with Crippen LogP contribution in [0.25, 0.3) is 0 Å². The van der Waals surface area contributed by atoms with Gasteiger partial charge in [0.1, 0.15) is 12.7 Å². The molecule has 0 saturated carbocycles.